The van der Waals surface area contributed by atoms with E-state index in [1.165, 1.54) is 31.2 Å². The quantitative estimate of drug-likeness (QED) is 0.732. The molecule has 0 amide bonds. The molecular weight excluding hydrogens is 270 g/mol. The molecular formula is C20H25NO. The predicted octanol–water partition coefficient (Wildman–Crippen LogP) is 5.74. The van der Waals surface area contributed by atoms with Crippen LogP contribution in [0.25, 0.3) is 0 Å². The van der Waals surface area contributed by atoms with Crippen molar-refractivity contribution in [2.45, 2.75) is 45.4 Å². The van der Waals surface area contributed by atoms with Gasteiger partial charge in [-0.1, -0.05) is 26.0 Å². The van der Waals surface area contributed by atoms with E-state index in [9.17, 15) is 0 Å². The van der Waals surface area contributed by atoms with E-state index in [2.05, 4.69) is 38.1 Å². The van der Waals surface area contributed by atoms with Crippen molar-refractivity contribution in [1.82, 2.24) is 0 Å². The summed E-state index contributed by atoms with van der Waals surface area (Å²) in [5, 5.41) is 0. The lowest BCUT2D eigenvalue weighted by Gasteiger charge is -2.34. The van der Waals surface area contributed by atoms with Crippen molar-refractivity contribution in [3.8, 4) is 11.5 Å². The highest BCUT2D eigenvalue weighted by Gasteiger charge is 2.27. The van der Waals surface area contributed by atoms with Crippen molar-refractivity contribution < 1.29 is 4.74 Å². The van der Waals surface area contributed by atoms with E-state index >= 15 is 0 Å². The molecule has 2 aromatic rings. The van der Waals surface area contributed by atoms with Gasteiger partial charge < -0.3 is 10.5 Å². The van der Waals surface area contributed by atoms with Crippen molar-refractivity contribution in [2.24, 2.45) is 5.41 Å². The van der Waals surface area contributed by atoms with Crippen molar-refractivity contribution in [1.29, 1.82) is 0 Å². The molecule has 0 atom stereocenters. The highest BCUT2D eigenvalue weighted by Crippen LogP contribution is 2.42. The molecule has 116 valence electrons. The lowest BCUT2D eigenvalue weighted by Crippen LogP contribution is -2.20. The fourth-order valence-corrected chi connectivity index (χ4v) is 3.21. The summed E-state index contributed by atoms with van der Waals surface area (Å²) in [5.41, 5.74) is 8.41. The van der Waals surface area contributed by atoms with Gasteiger partial charge in [-0.3, -0.25) is 0 Å². The van der Waals surface area contributed by atoms with Crippen LogP contribution >= 0.6 is 0 Å². The Morgan fingerprint density at radius 2 is 1.36 bits per heavy atom. The molecule has 2 aromatic carbocycles. The standard InChI is InChI=1S/C20H25NO/c1-20(2)13-11-16(12-14-20)15-3-7-18(8-4-15)22-19-9-5-17(21)6-10-19/h3-10,16H,11-14,21H2,1-2H3. The van der Waals surface area contributed by atoms with Crippen molar-refractivity contribution >= 4 is 5.69 Å². The Balaban J connectivity index is 1.64. The molecule has 2 nitrogen and oxygen atoms in total. The molecule has 0 aromatic heterocycles. The predicted molar refractivity (Wildman–Crippen MR) is 92.4 cm³/mol. The lowest BCUT2D eigenvalue weighted by atomic mass is 9.71. The first-order valence-corrected chi connectivity index (χ1v) is 8.15. The fourth-order valence-electron chi connectivity index (χ4n) is 3.21. The molecule has 0 radical (unpaired) electrons. The molecule has 1 fully saturated rings. The first kappa shape index (κ1) is 15.0. The third-order valence-corrected chi connectivity index (χ3v) is 4.81. The average Bonchev–Trinajstić information content (AvgIpc) is 2.51. The van der Waals surface area contributed by atoms with Crippen molar-refractivity contribution in [3.63, 3.8) is 0 Å². The normalized spacial score (nSPS) is 18.1. The van der Waals surface area contributed by atoms with E-state index in [-0.39, 0.29) is 0 Å². The molecule has 0 spiro atoms. The molecule has 0 unspecified atom stereocenters. The second kappa shape index (κ2) is 6.04. The van der Waals surface area contributed by atoms with Gasteiger partial charge in [0.25, 0.3) is 0 Å². The van der Waals surface area contributed by atoms with E-state index in [1.807, 2.05) is 24.3 Å². The number of benzene rings is 2. The van der Waals surface area contributed by atoms with Crippen LogP contribution in [0.5, 0.6) is 11.5 Å². The summed E-state index contributed by atoms with van der Waals surface area (Å²) < 4.78 is 5.85. The zero-order valence-corrected chi connectivity index (χ0v) is 13.5. The SMILES string of the molecule is CC1(C)CCC(c2ccc(Oc3ccc(N)cc3)cc2)CC1. The molecule has 2 N–H and O–H groups in total. The number of ether oxygens (including phenoxy) is 1. The first-order chi connectivity index (χ1) is 10.5. The third kappa shape index (κ3) is 3.62. The zero-order chi connectivity index (χ0) is 15.6. The zero-order valence-electron chi connectivity index (χ0n) is 13.5. The second-order valence-corrected chi connectivity index (χ2v) is 7.18. The van der Waals surface area contributed by atoms with E-state index in [0.29, 0.717) is 11.3 Å². The summed E-state index contributed by atoms with van der Waals surface area (Å²) in [6.45, 7) is 4.76. The molecule has 22 heavy (non-hydrogen) atoms. The largest absolute Gasteiger partial charge is 0.457 e. The molecule has 1 aliphatic rings. The topological polar surface area (TPSA) is 35.2 Å². The van der Waals surface area contributed by atoms with Crippen LogP contribution in [0.15, 0.2) is 48.5 Å². The van der Waals surface area contributed by atoms with Gasteiger partial charge in [0.05, 0.1) is 0 Å². The summed E-state index contributed by atoms with van der Waals surface area (Å²) in [7, 11) is 0. The van der Waals surface area contributed by atoms with Gasteiger partial charge in [0.15, 0.2) is 0 Å². The number of hydrogen-bond donors (Lipinski definition) is 1. The molecule has 2 heteroatoms. The van der Waals surface area contributed by atoms with Gasteiger partial charge >= 0.3 is 0 Å². The van der Waals surface area contributed by atoms with Gasteiger partial charge in [-0.05, 0) is 79.0 Å². The van der Waals surface area contributed by atoms with Crippen LogP contribution < -0.4 is 10.5 Å². The van der Waals surface area contributed by atoms with Gasteiger partial charge in [0.2, 0.25) is 0 Å². The number of hydrogen-bond acceptors (Lipinski definition) is 2. The van der Waals surface area contributed by atoms with Crippen molar-refractivity contribution in [3.05, 3.63) is 54.1 Å². The number of anilines is 1. The van der Waals surface area contributed by atoms with Gasteiger partial charge in [-0.25, -0.2) is 0 Å². The van der Waals surface area contributed by atoms with Gasteiger partial charge in [-0.15, -0.1) is 0 Å². The molecule has 0 saturated heterocycles. The third-order valence-electron chi connectivity index (χ3n) is 4.81. The van der Waals surface area contributed by atoms with Gasteiger partial charge in [-0.2, -0.15) is 0 Å². The lowest BCUT2D eigenvalue weighted by molar-refractivity contribution is 0.224. The summed E-state index contributed by atoms with van der Waals surface area (Å²) >= 11 is 0. The maximum absolute atomic E-state index is 5.85. The van der Waals surface area contributed by atoms with E-state index in [4.69, 9.17) is 10.5 Å². The molecule has 0 heterocycles. The highest BCUT2D eigenvalue weighted by molar-refractivity contribution is 5.43. The second-order valence-electron chi connectivity index (χ2n) is 7.18. The molecule has 3 rings (SSSR count). The van der Waals surface area contributed by atoms with E-state index in [1.54, 1.807) is 0 Å². The Kier molecular flexibility index (Phi) is 4.10. The first-order valence-electron chi connectivity index (χ1n) is 8.15. The average molecular weight is 295 g/mol. The molecule has 1 saturated carbocycles. The number of rotatable bonds is 3. The number of nitrogen functional groups attached to an aromatic ring is 1. The minimum atomic E-state index is 0.523. The Morgan fingerprint density at radius 3 is 1.91 bits per heavy atom. The summed E-state index contributed by atoms with van der Waals surface area (Å²) in [6.07, 6.45) is 5.24. The van der Waals surface area contributed by atoms with Crippen LogP contribution in [0.4, 0.5) is 5.69 Å². The Hall–Kier alpha value is -1.96. The smallest absolute Gasteiger partial charge is 0.127 e. The Morgan fingerprint density at radius 1 is 0.864 bits per heavy atom. The maximum atomic E-state index is 5.85. The van der Waals surface area contributed by atoms with E-state index < -0.39 is 0 Å². The summed E-state index contributed by atoms with van der Waals surface area (Å²) in [4.78, 5) is 0. The van der Waals surface area contributed by atoms with Crippen LogP contribution in [0.1, 0.15) is 51.0 Å². The van der Waals surface area contributed by atoms with Crippen LogP contribution in [0, 0.1) is 5.41 Å². The van der Waals surface area contributed by atoms with E-state index in [0.717, 1.165) is 17.2 Å². The van der Waals surface area contributed by atoms with Crippen molar-refractivity contribution in [2.75, 3.05) is 5.73 Å². The maximum Gasteiger partial charge on any atom is 0.127 e. The minimum Gasteiger partial charge on any atom is -0.457 e. The Bertz CT molecular complexity index is 603. The molecule has 1 aliphatic carbocycles. The monoisotopic (exact) mass is 295 g/mol. The van der Waals surface area contributed by atoms with Crippen LogP contribution in [0.2, 0.25) is 0 Å². The minimum absolute atomic E-state index is 0.523. The number of nitrogens with two attached hydrogens (primary N) is 1. The molecule has 0 bridgehead atoms. The molecule has 0 aliphatic heterocycles. The van der Waals surface area contributed by atoms with Gasteiger partial charge in [0.1, 0.15) is 11.5 Å². The Labute approximate surface area is 133 Å². The van der Waals surface area contributed by atoms with Crippen LogP contribution in [-0.2, 0) is 0 Å². The van der Waals surface area contributed by atoms with Crippen LogP contribution in [0.3, 0.4) is 0 Å². The summed E-state index contributed by atoms with van der Waals surface area (Å²) in [6, 6.07) is 16.1. The fraction of sp³-hybridized carbons (Fsp3) is 0.400. The summed E-state index contributed by atoms with van der Waals surface area (Å²) in [5.74, 6) is 2.41. The van der Waals surface area contributed by atoms with Gasteiger partial charge in [0, 0.05) is 5.69 Å². The highest BCUT2D eigenvalue weighted by atomic mass is 16.5. The van der Waals surface area contributed by atoms with Crippen LogP contribution in [-0.4, -0.2) is 0 Å².